The normalized spacial score (nSPS) is 10.3. The molecule has 0 radical (unpaired) electrons. The predicted octanol–water partition coefficient (Wildman–Crippen LogP) is 4.58. The minimum absolute atomic E-state index is 0.205. The summed E-state index contributed by atoms with van der Waals surface area (Å²) < 4.78 is 5.22. The van der Waals surface area contributed by atoms with E-state index in [1.54, 1.807) is 7.11 Å². The van der Waals surface area contributed by atoms with E-state index >= 15 is 0 Å². The van der Waals surface area contributed by atoms with E-state index in [2.05, 4.69) is 37.6 Å². The topological polar surface area (TPSA) is 9.23 Å². The molecule has 1 nitrogen and oxygen atoms in total. The molecule has 0 aliphatic heterocycles. The predicted molar refractivity (Wildman–Crippen MR) is 69.7 cm³/mol. The average Bonchev–Trinajstić information content (AvgIpc) is 2.34. The number of hydrogen-bond acceptors (Lipinski definition) is 1. The molecule has 15 heavy (non-hydrogen) atoms. The van der Waals surface area contributed by atoms with Gasteiger partial charge in [-0.15, -0.1) is 11.6 Å². The maximum Gasteiger partial charge on any atom is 0.0795 e. The molecule has 1 aromatic carbocycles. The minimum Gasteiger partial charge on any atom is -0.377 e. The Kier molecular flexibility index (Phi) is 13.0. The molecular formula is C13H23ClO. The lowest BCUT2D eigenvalue weighted by molar-refractivity contribution is 0.119. The van der Waals surface area contributed by atoms with Gasteiger partial charge in [-0.1, -0.05) is 38.1 Å². The first-order valence-corrected chi connectivity index (χ1v) is 5.97. The highest BCUT2D eigenvalue weighted by Crippen LogP contribution is 2.18. The Hall–Kier alpha value is -0.530. The van der Waals surface area contributed by atoms with Gasteiger partial charge in [-0.3, -0.25) is 0 Å². The first-order chi connectivity index (χ1) is 7.25. The summed E-state index contributed by atoms with van der Waals surface area (Å²) in [5.41, 5.74) is 2.57. The maximum absolute atomic E-state index is 5.22. The van der Waals surface area contributed by atoms with Gasteiger partial charge in [-0.05, 0) is 25.0 Å². The lowest BCUT2D eigenvalue weighted by Gasteiger charge is -2.11. The van der Waals surface area contributed by atoms with Crippen LogP contribution in [0.2, 0.25) is 0 Å². The number of halogens is 1. The van der Waals surface area contributed by atoms with Crippen molar-refractivity contribution in [3.05, 3.63) is 35.4 Å². The van der Waals surface area contributed by atoms with E-state index in [4.69, 9.17) is 4.74 Å². The molecule has 0 N–H and O–H groups in total. The molecule has 0 aromatic heterocycles. The van der Waals surface area contributed by atoms with Crippen LogP contribution < -0.4 is 0 Å². The van der Waals surface area contributed by atoms with Crippen LogP contribution in [0.5, 0.6) is 0 Å². The molecule has 1 rings (SSSR count). The van der Waals surface area contributed by atoms with Crippen molar-refractivity contribution in [3.63, 3.8) is 0 Å². The maximum atomic E-state index is 5.22. The van der Waals surface area contributed by atoms with Gasteiger partial charge in [-0.25, -0.2) is 0 Å². The van der Waals surface area contributed by atoms with E-state index in [0.717, 1.165) is 0 Å². The molecule has 0 saturated carbocycles. The number of alkyl halides is 1. The molecule has 0 fully saturated rings. The Morgan fingerprint density at radius 3 is 2.00 bits per heavy atom. The summed E-state index contributed by atoms with van der Waals surface area (Å²) in [6.45, 7) is 8.16. The number of ether oxygens (including phenoxy) is 1. The second-order valence-corrected chi connectivity index (χ2v) is 2.73. The van der Waals surface area contributed by atoms with E-state index in [0.29, 0.717) is 0 Å². The SMILES string of the molecule is CC.CCl.COC(C)c1ccccc1C. The van der Waals surface area contributed by atoms with Gasteiger partial charge in [0.25, 0.3) is 0 Å². The van der Waals surface area contributed by atoms with E-state index in [1.807, 2.05) is 26.0 Å². The molecule has 1 aromatic rings. The number of benzene rings is 1. The molecule has 1 unspecified atom stereocenters. The van der Waals surface area contributed by atoms with Crippen LogP contribution in [0.25, 0.3) is 0 Å². The van der Waals surface area contributed by atoms with Crippen molar-refractivity contribution >= 4 is 11.6 Å². The zero-order valence-corrected chi connectivity index (χ0v) is 11.4. The summed E-state index contributed by atoms with van der Waals surface area (Å²) in [6.07, 6.45) is 1.68. The minimum atomic E-state index is 0.205. The van der Waals surface area contributed by atoms with Crippen molar-refractivity contribution in [1.82, 2.24) is 0 Å². The Morgan fingerprint density at radius 1 is 1.13 bits per heavy atom. The van der Waals surface area contributed by atoms with Crippen molar-refractivity contribution in [3.8, 4) is 0 Å². The van der Waals surface area contributed by atoms with Crippen molar-refractivity contribution in [1.29, 1.82) is 0 Å². The third-order valence-corrected chi connectivity index (χ3v) is 1.98. The Balaban J connectivity index is 0. The summed E-state index contributed by atoms with van der Waals surface area (Å²) in [4.78, 5) is 0. The number of aryl methyl sites for hydroxylation is 1. The average molecular weight is 231 g/mol. The third-order valence-electron chi connectivity index (χ3n) is 1.98. The van der Waals surface area contributed by atoms with Crippen LogP contribution in [0.3, 0.4) is 0 Å². The van der Waals surface area contributed by atoms with Gasteiger partial charge >= 0.3 is 0 Å². The van der Waals surface area contributed by atoms with Crippen LogP contribution in [-0.4, -0.2) is 13.5 Å². The van der Waals surface area contributed by atoms with Crippen LogP contribution in [0, 0.1) is 6.92 Å². The molecule has 0 amide bonds. The summed E-state index contributed by atoms with van der Waals surface area (Å²) in [5.74, 6) is 0. The zero-order chi connectivity index (χ0) is 12.3. The van der Waals surface area contributed by atoms with Crippen LogP contribution in [0.15, 0.2) is 24.3 Å². The quantitative estimate of drug-likeness (QED) is 0.676. The second-order valence-electron chi connectivity index (χ2n) is 2.73. The number of methoxy groups -OCH3 is 1. The molecule has 0 spiro atoms. The molecule has 0 bridgehead atoms. The van der Waals surface area contributed by atoms with Crippen LogP contribution in [0.1, 0.15) is 38.0 Å². The fourth-order valence-corrected chi connectivity index (χ4v) is 1.17. The first-order valence-electron chi connectivity index (χ1n) is 5.22. The highest BCUT2D eigenvalue weighted by molar-refractivity contribution is 6.15. The smallest absolute Gasteiger partial charge is 0.0795 e. The van der Waals surface area contributed by atoms with Gasteiger partial charge in [0.2, 0.25) is 0 Å². The summed E-state index contributed by atoms with van der Waals surface area (Å²) in [7, 11) is 1.73. The standard InChI is InChI=1S/C10H14O.C2H6.CH3Cl/c1-8-6-4-5-7-10(8)9(2)11-3;2*1-2/h4-7,9H,1-3H3;1-2H3;1H3. The van der Waals surface area contributed by atoms with Crippen LogP contribution >= 0.6 is 11.6 Å². The van der Waals surface area contributed by atoms with Crippen LogP contribution in [0.4, 0.5) is 0 Å². The molecule has 0 aliphatic carbocycles. The van der Waals surface area contributed by atoms with E-state index in [-0.39, 0.29) is 6.10 Å². The molecule has 0 aliphatic rings. The molecule has 88 valence electrons. The van der Waals surface area contributed by atoms with Crippen molar-refractivity contribution in [2.75, 3.05) is 13.5 Å². The largest absolute Gasteiger partial charge is 0.377 e. The molecule has 0 saturated heterocycles. The summed E-state index contributed by atoms with van der Waals surface area (Å²) in [5, 5.41) is 0. The third kappa shape index (κ3) is 6.53. The Labute approximate surface area is 99.4 Å². The summed E-state index contributed by atoms with van der Waals surface area (Å²) >= 11 is 4.64. The monoisotopic (exact) mass is 230 g/mol. The molecule has 2 heteroatoms. The fraction of sp³-hybridized carbons (Fsp3) is 0.538. The van der Waals surface area contributed by atoms with Gasteiger partial charge in [0.05, 0.1) is 6.10 Å². The lowest BCUT2D eigenvalue weighted by atomic mass is 10.1. The zero-order valence-electron chi connectivity index (χ0n) is 10.7. The lowest BCUT2D eigenvalue weighted by Crippen LogP contribution is -1.97. The van der Waals surface area contributed by atoms with Gasteiger partial charge < -0.3 is 4.74 Å². The number of hydrogen-bond donors (Lipinski definition) is 0. The van der Waals surface area contributed by atoms with Gasteiger partial charge in [0.15, 0.2) is 0 Å². The fourth-order valence-electron chi connectivity index (χ4n) is 1.17. The van der Waals surface area contributed by atoms with Crippen molar-refractivity contribution < 1.29 is 4.74 Å². The van der Waals surface area contributed by atoms with E-state index in [1.165, 1.54) is 17.5 Å². The Bertz CT molecular complexity index is 236. The Morgan fingerprint density at radius 2 is 1.60 bits per heavy atom. The second kappa shape index (κ2) is 11.5. The molecular weight excluding hydrogens is 208 g/mol. The highest BCUT2D eigenvalue weighted by Gasteiger charge is 2.04. The summed E-state index contributed by atoms with van der Waals surface area (Å²) in [6, 6.07) is 8.29. The van der Waals surface area contributed by atoms with Gasteiger partial charge in [-0.2, -0.15) is 0 Å². The van der Waals surface area contributed by atoms with Crippen molar-refractivity contribution in [2.24, 2.45) is 0 Å². The van der Waals surface area contributed by atoms with Crippen molar-refractivity contribution in [2.45, 2.75) is 33.8 Å². The van der Waals surface area contributed by atoms with Gasteiger partial charge in [0.1, 0.15) is 0 Å². The van der Waals surface area contributed by atoms with Crippen LogP contribution in [-0.2, 0) is 4.74 Å². The molecule has 1 atom stereocenters. The first kappa shape index (κ1) is 16.9. The number of rotatable bonds is 2. The van der Waals surface area contributed by atoms with Gasteiger partial charge in [0, 0.05) is 13.5 Å². The van der Waals surface area contributed by atoms with E-state index < -0.39 is 0 Å². The van der Waals surface area contributed by atoms with E-state index in [9.17, 15) is 0 Å². The highest BCUT2D eigenvalue weighted by atomic mass is 35.5. The molecule has 0 heterocycles.